The minimum Gasteiger partial charge on any atom is -0.506 e. The van der Waals surface area contributed by atoms with Crippen molar-refractivity contribution in [1.29, 1.82) is 0 Å². The highest BCUT2D eigenvalue weighted by atomic mass is 16.5. The largest absolute Gasteiger partial charge is 0.506 e. The Labute approximate surface area is 163 Å². The molecule has 0 saturated carbocycles. The number of carbonyl (C=O) groups is 1. The zero-order chi connectivity index (χ0) is 19.9. The summed E-state index contributed by atoms with van der Waals surface area (Å²) in [7, 11) is 2.99. The SMILES string of the molecule is COc1cc(C(=O)Nc2ccccc2O)cc(OC)c1OCc1ccccc1. The third kappa shape index (κ3) is 4.35. The highest BCUT2D eigenvalue weighted by Gasteiger charge is 2.18. The smallest absolute Gasteiger partial charge is 0.256 e. The van der Waals surface area contributed by atoms with Gasteiger partial charge in [-0.15, -0.1) is 0 Å². The molecule has 6 heteroatoms. The van der Waals surface area contributed by atoms with Crippen LogP contribution in [0.2, 0.25) is 0 Å². The lowest BCUT2D eigenvalue weighted by Crippen LogP contribution is -2.13. The number of hydrogen-bond acceptors (Lipinski definition) is 5. The van der Waals surface area contributed by atoms with Crippen LogP contribution < -0.4 is 19.5 Å². The van der Waals surface area contributed by atoms with Gasteiger partial charge in [0.05, 0.1) is 19.9 Å². The second-order valence-electron chi connectivity index (χ2n) is 5.96. The molecular weight excluding hydrogens is 358 g/mol. The predicted molar refractivity (Wildman–Crippen MR) is 106 cm³/mol. The fourth-order valence-electron chi connectivity index (χ4n) is 2.66. The number of carbonyl (C=O) groups excluding carboxylic acids is 1. The van der Waals surface area contributed by atoms with Crippen LogP contribution in [0.1, 0.15) is 15.9 Å². The zero-order valence-corrected chi connectivity index (χ0v) is 15.6. The monoisotopic (exact) mass is 379 g/mol. The second kappa shape index (κ2) is 8.81. The van der Waals surface area contributed by atoms with E-state index >= 15 is 0 Å². The maximum absolute atomic E-state index is 12.6. The zero-order valence-electron chi connectivity index (χ0n) is 15.6. The maximum atomic E-state index is 12.6. The third-order valence-corrected chi connectivity index (χ3v) is 4.10. The Hall–Kier alpha value is -3.67. The summed E-state index contributed by atoms with van der Waals surface area (Å²) in [5, 5.41) is 12.5. The summed E-state index contributed by atoms with van der Waals surface area (Å²) in [5.41, 5.74) is 1.62. The van der Waals surface area contributed by atoms with Crippen molar-refractivity contribution in [2.75, 3.05) is 19.5 Å². The Kier molecular flexibility index (Phi) is 6.01. The van der Waals surface area contributed by atoms with Gasteiger partial charge in [0.15, 0.2) is 11.5 Å². The number of phenolic OH excluding ortho intramolecular Hbond substituents is 1. The van der Waals surface area contributed by atoms with Gasteiger partial charge in [0.1, 0.15) is 12.4 Å². The van der Waals surface area contributed by atoms with E-state index in [4.69, 9.17) is 14.2 Å². The number of phenols is 1. The first-order valence-corrected chi connectivity index (χ1v) is 8.64. The second-order valence-corrected chi connectivity index (χ2v) is 5.96. The summed E-state index contributed by atoms with van der Waals surface area (Å²) in [4.78, 5) is 12.6. The van der Waals surface area contributed by atoms with Gasteiger partial charge in [-0.1, -0.05) is 42.5 Å². The number of hydrogen-bond donors (Lipinski definition) is 2. The van der Waals surface area contributed by atoms with E-state index in [0.717, 1.165) is 5.56 Å². The standard InChI is InChI=1S/C22H21NO5/c1-26-19-12-16(22(25)23-17-10-6-7-11-18(17)24)13-20(27-2)21(19)28-14-15-8-4-3-5-9-15/h3-13,24H,14H2,1-2H3,(H,23,25). The molecule has 0 saturated heterocycles. The van der Waals surface area contributed by atoms with E-state index in [1.165, 1.54) is 20.3 Å². The van der Waals surface area contributed by atoms with E-state index in [9.17, 15) is 9.90 Å². The number of para-hydroxylation sites is 2. The minimum absolute atomic E-state index is 0.0161. The summed E-state index contributed by atoms with van der Waals surface area (Å²) >= 11 is 0. The molecule has 2 N–H and O–H groups in total. The molecule has 0 bridgehead atoms. The van der Waals surface area contributed by atoms with Crippen molar-refractivity contribution >= 4 is 11.6 Å². The highest BCUT2D eigenvalue weighted by Crippen LogP contribution is 2.39. The molecule has 0 fully saturated rings. The van der Waals surface area contributed by atoms with E-state index in [2.05, 4.69) is 5.32 Å². The van der Waals surface area contributed by atoms with Crippen molar-refractivity contribution in [1.82, 2.24) is 0 Å². The summed E-state index contributed by atoms with van der Waals surface area (Å²) in [5.74, 6) is 0.730. The number of methoxy groups -OCH3 is 2. The molecule has 0 atom stereocenters. The fourth-order valence-corrected chi connectivity index (χ4v) is 2.66. The molecule has 144 valence electrons. The van der Waals surface area contributed by atoms with Gasteiger partial charge in [-0.2, -0.15) is 0 Å². The van der Waals surface area contributed by atoms with Crippen molar-refractivity contribution in [2.24, 2.45) is 0 Å². The van der Waals surface area contributed by atoms with Crippen LogP contribution in [0.5, 0.6) is 23.0 Å². The van der Waals surface area contributed by atoms with E-state index in [1.54, 1.807) is 30.3 Å². The van der Waals surface area contributed by atoms with Crippen LogP contribution in [0.25, 0.3) is 0 Å². The molecule has 0 spiro atoms. The summed E-state index contributed by atoms with van der Waals surface area (Å²) in [6, 6.07) is 19.3. The molecule has 0 heterocycles. The lowest BCUT2D eigenvalue weighted by molar-refractivity contribution is 0.102. The van der Waals surface area contributed by atoms with Gasteiger partial charge < -0.3 is 24.6 Å². The lowest BCUT2D eigenvalue weighted by Gasteiger charge is -2.16. The van der Waals surface area contributed by atoms with Crippen LogP contribution in [-0.4, -0.2) is 25.2 Å². The molecular formula is C22H21NO5. The molecule has 6 nitrogen and oxygen atoms in total. The van der Waals surface area contributed by atoms with Crippen molar-refractivity contribution < 1.29 is 24.1 Å². The molecule has 0 unspecified atom stereocenters. The normalized spacial score (nSPS) is 10.2. The number of anilines is 1. The predicted octanol–water partition coefficient (Wildman–Crippen LogP) is 4.24. The molecule has 0 aliphatic carbocycles. The number of amides is 1. The van der Waals surface area contributed by atoms with Crippen LogP contribution in [0, 0.1) is 0 Å². The number of nitrogens with one attached hydrogen (secondary N) is 1. The molecule has 28 heavy (non-hydrogen) atoms. The third-order valence-electron chi connectivity index (χ3n) is 4.10. The molecule has 3 aromatic rings. The van der Waals surface area contributed by atoms with Gasteiger partial charge >= 0.3 is 0 Å². The van der Waals surface area contributed by atoms with E-state index in [1.807, 2.05) is 30.3 Å². The Morgan fingerprint density at radius 3 is 2.14 bits per heavy atom. The Morgan fingerprint density at radius 1 is 0.929 bits per heavy atom. The van der Waals surface area contributed by atoms with Crippen molar-refractivity contribution in [3.05, 3.63) is 77.9 Å². The first-order valence-electron chi connectivity index (χ1n) is 8.64. The lowest BCUT2D eigenvalue weighted by atomic mass is 10.1. The molecule has 0 aliphatic rings. The quantitative estimate of drug-likeness (QED) is 0.601. The molecule has 3 rings (SSSR count). The molecule has 0 radical (unpaired) electrons. The molecule has 0 aromatic heterocycles. The summed E-state index contributed by atoms with van der Waals surface area (Å²) in [6.07, 6.45) is 0. The minimum atomic E-state index is -0.410. The van der Waals surface area contributed by atoms with Crippen LogP contribution in [-0.2, 0) is 6.61 Å². The number of aromatic hydroxyl groups is 1. The fraction of sp³-hybridized carbons (Fsp3) is 0.136. The molecule has 0 aliphatic heterocycles. The number of ether oxygens (including phenoxy) is 3. The van der Waals surface area contributed by atoms with Crippen LogP contribution in [0.15, 0.2) is 66.7 Å². The maximum Gasteiger partial charge on any atom is 0.256 e. The summed E-state index contributed by atoms with van der Waals surface area (Å²) in [6.45, 7) is 0.330. The average molecular weight is 379 g/mol. The van der Waals surface area contributed by atoms with Crippen LogP contribution in [0.3, 0.4) is 0 Å². The van der Waals surface area contributed by atoms with Crippen LogP contribution in [0.4, 0.5) is 5.69 Å². The van der Waals surface area contributed by atoms with E-state index < -0.39 is 5.91 Å². The molecule has 1 amide bonds. The van der Waals surface area contributed by atoms with Gasteiger partial charge in [0.25, 0.3) is 5.91 Å². The van der Waals surface area contributed by atoms with Gasteiger partial charge in [0.2, 0.25) is 5.75 Å². The summed E-state index contributed by atoms with van der Waals surface area (Å²) < 4.78 is 16.7. The Balaban J connectivity index is 1.85. The number of rotatable bonds is 7. The van der Waals surface area contributed by atoms with Gasteiger partial charge in [-0.05, 0) is 29.8 Å². The van der Waals surface area contributed by atoms with Gasteiger partial charge in [-0.25, -0.2) is 0 Å². The highest BCUT2D eigenvalue weighted by molar-refractivity contribution is 6.05. The van der Waals surface area contributed by atoms with E-state index in [0.29, 0.717) is 35.1 Å². The topological polar surface area (TPSA) is 77.0 Å². The van der Waals surface area contributed by atoms with Crippen molar-refractivity contribution in [3.8, 4) is 23.0 Å². The first-order chi connectivity index (χ1) is 13.6. The Bertz CT molecular complexity index is 931. The first kappa shape index (κ1) is 19.1. The number of benzene rings is 3. The Morgan fingerprint density at radius 2 is 1.54 bits per heavy atom. The van der Waals surface area contributed by atoms with Crippen LogP contribution >= 0.6 is 0 Å². The van der Waals surface area contributed by atoms with Crippen molar-refractivity contribution in [2.45, 2.75) is 6.61 Å². The molecule has 3 aromatic carbocycles. The van der Waals surface area contributed by atoms with Crippen molar-refractivity contribution in [3.63, 3.8) is 0 Å². The van der Waals surface area contributed by atoms with Gasteiger partial charge in [-0.3, -0.25) is 4.79 Å². The van der Waals surface area contributed by atoms with E-state index in [-0.39, 0.29) is 5.75 Å². The van der Waals surface area contributed by atoms with Gasteiger partial charge in [0, 0.05) is 5.56 Å². The average Bonchev–Trinajstić information content (AvgIpc) is 2.73.